The fourth-order valence-electron chi connectivity index (χ4n) is 1.62. The van der Waals surface area contributed by atoms with E-state index < -0.39 is 12.1 Å². The van der Waals surface area contributed by atoms with Crippen molar-refractivity contribution in [3.63, 3.8) is 0 Å². The lowest BCUT2D eigenvalue weighted by Gasteiger charge is -2.08. The van der Waals surface area contributed by atoms with Crippen molar-refractivity contribution in [3.8, 4) is 0 Å². The van der Waals surface area contributed by atoms with Gasteiger partial charge in [0.05, 0.1) is 12.1 Å². The normalized spacial score (nSPS) is 27.2. The monoisotopic (exact) mass is 167 g/mol. The Morgan fingerprint density at radius 3 is 3.00 bits per heavy atom. The van der Waals surface area contributed by atoms with Gasteiger partial charge in [0.25, 0.3) is 0 Å². The summed E-state index contributed by atoms with van der Waals surface area (Å²) in [6, 6.07) is 4.05. The predicted molar refractivity (Wildman–Crippen MR) is 43.0 cm³/mol. The zero-order chi connectivity index (χ0) is 8.72. The van der Waals surface area contributed by atoms with Crippen molar-refractivity contribution in [1.29, 1.82) is 0 Å². The number of benzene rings is 1. The van der Waals surface area contributed by atoms with E-state index in [0.717, 1.165) is 11.1 Å². The molecule has 0 radical (unpaired) electrons. The first-order valence-electron chi connectivity index (χ1n) is 3.90. The summed E-state index contributed by atoms with van der Waals surface area (Å²) in [5.74, 6) is -0.293. The number of fused-ring (bicyclic) bond motifs is 1. The minimum atomic E-state index is -0.554. The molecule has 64 valence electrons. The van der Waals surface area contributed by atoms with Crippen LogP contribution in [0.25, 0.3) is 0 Å². The molecule has 1 aliphatic rings. The number of hydrogen-bond acceptors (Lipinski definition) is 2. The molecule has 0 saturated carbocycles. The van der Waals surface area contributed by atoms with Crippen LogP contribution < -0.4 is 5.73 Å². The van der Waals surface area contributed by atoms with Gasteiger partial charge in [-0.3, -0.25) is 0 Å². The van der Waals surface area contributed by atoms with Crippen LogP contribution in [0.15, 0.2) is 18.2 Å². The van der Waals surface area contributed by atoms with Crippen molar-refractivity contribution in [2.45, 2.75) is 18.6 Å². The van der Waals surface area contributed by atoms with E-state index >= 15 is 0 Å². The summed E-state index contributed by atoms with van der Waals surface area (Å²) in [6.45, 7) is 0. The summed E-state index contributed by atoms with van der Waals surface area (Å²) >= 11 is 0. The molecule has 3 heteroatoms. The quantitative estimate of drug-likeness (QED) is 0.598. The van der Waals surface area contributed by atoms with Crippen molar-refractivity contribution >= 4 is 0 Å². The first kappa shape index (κ1) is 7.71. The van der Waals surface area contributed by atoms with Crippen LogP contribution in [0.1, 0.15) is 17.2 Å². The van der Waals surface area contributed by atoms with Crippen molar-refractivity contribution in [3.05, 3.63) is 35.1 Å². The number of hydrogen-bond donors (Lipinski definition) is 2. The van der Waals surface area contributed by atoms with E-state index in [9.17, 15) is 9.50 Å². The summed E-state index contributed by atoms with van der Waals surface area (Å²) in [6.07, 6.45) is -0.0154. The van der Waals surface area contributed by atoms with Crippen LogP contribution in [0.5, 0.6) is 0 Å². The molecule has 0 saturated heterocycles. The highest BCUT2D eigenvalue weighted by molar-refractivity contribution is 5.36. The van der Waals surface area contributed by atoms with E-state index in [0.29, 0.717) is 6.42 Å². The van der Waals surface area contributed by atoms with Gasteiger partial charge >= 0.3 is 0 Å². The van der Waals surface area contributed by atoms with Gasteiger partial charge in [0.2, 0.25) is 0 Å². The molecule has 0 unspecified atom stereocenters. The Morgan fingerprint density at radius 2 is 2.25 bits per heavy atom. The average molecular weight is 167 g/mol. The Balaban J connectivity index is 2.48. The highest BCUT2D eigenvalue weighted by Gasteiger charge is 2.27. The SMILES string of the molecule is N[C@@H]1c2cc(F)ccc2C[C@@H]1O. The van der Waals surface area contributed by atoms with Gasteiger partial charge in [-0.15, -0.1) is 0 Å². The molecule has 0 spiro atoms. The fraction of sp³-hybridized carbons (Fsp3) is 0.333. The summed E-state index contributed by atoms with van der Waals surface area (Å²) in [7, 11) is 0. The van der Waals surface area contributed by atoms with Gasteiger partial charge in [0.1, 0.15) is 5.82 Å². The molecule has 1 aliphatic carbocycles. The van der Waals surface area contributed by atoms with Crippen LogP contribution in [-0.4, -0.2) is 11.2 Å². The molecule has 0 heterocycles. The second-order valence-corrected chi connectivity index (χ2v) is 3.14. The lowest BCUT2D eigenvalue weighted by atomic mass is 10.1. The molecule has 0 bridgehead atoms. The number of aliphatic hydroxyl groups excluding tert-OH is 1. The summed E-state index contributed by atoms with van der Waals surface area (Å²) in [5, 5.41) is 9.36. The van der Waals surface area contributed by atoms with Crippen molar-refractivity contribution in [1.82, 2.24) is 0 Å². The standard InChI is InChI=1S/C9H10FNO/c10-6-2-1-5-3-8(12)9(11)7(5)4-6/h1-2,4,8-9,12H,3,11H2/t8-,9+/m0/s1. The lowest BCUT2D eigenvalue weighted by molar-refractivity contribution is 0.158. The average Bonchev–Trinajstić information content (AvgIpc) is 2.31. The number of rotatable bonds is 0. The second-order valence-electron chi connectivity index (χ2n) is 3.14. The highest BCUT2D eigenvalue weighted by atomic mass is 19.1. The van der Waals surface area contributed by atoms with Crippen LogP contribution in [0.4, 0.5) is 4.39 Å². The van der Waals surface area contributed by atoms with Crippen LogP contribution in [0.3, 0.4) is 0 Å². The molecule has 0 fully saturated rings. The molecule has 3 N–H and O–H groups in total. The molecule has 2 atom stereocenters. The smallest absolute Gasteiger partial charge is 0.123 e. The molecule has 1 aromatic carbocycles. The first-order valence-corrected chi connectivity index (χ1v) is 3.90. The van der Waals surface area contributed by atoms with E-state index in [1.165, 1.54) is 12.1 Å². The largest absolute Gasteiger partial charge is 0.391 e. The predicted octanol–water partition coefficient (Wildman–Crippen LogP) is 0.743. The van der Waals surface area contributed by atoms with Crippen molar-refractivity contribution in [2.24, 2.45) is 5.73 Å². The van der Waals surface area contributed by atoms with Gasteiger partial charge in [0, 0.05) is 6.42 Å². The maximum absolute atomic E-state index is 12.7. The van der Waals surface area contributed by atoms with Gasteiger partial charge in [-0.2, -0.15) is 0 Å². The van der Waals surface area contributed by atoms with Crippen LogP contribution in [0, 0.1) is 5.82 Å². The molecular formula is C9H10FNO. The third kappa shape index (κ3) is 1.02. The fourth-order valence-corrected chi connectivity index (χ4v) is 1.62. The molecule has 0 aliphatic heterocycles. The lowest BCUT2D eigenvalue weighted by Crippen LogP contribution is -2.21. The molecule has 1 aromatic rings. The molecular weight excluding hydrogens is 157 g/mol. The highest BCUT2D eigenvalue weighted by Crippen LogP contribution is 2.29. The van der Waals surface area contributed by atoms with Crippen molar-refractivity contribution in [2.75, 3.05) is 0 Å². The second kappa shape index (κ2) is 2.54. The maximum atomic E-state index is 12.7. The summed E-state index contributed by atoms with van der Waals surface area (Å²) in [4.78, 5) is 0. The van der Waals surface area contributed by atoms with Crippen LogP contribution in [-0.2, 0) is 6.42 Å². The Morgan fingerprint density at radius 1 is 1.50 bits per heavy atom. The van der Waals surface area contributed by atoms with Crippen LogP contribution in [0.2, 0.25) is 0 Å². The molecule has 0 aromatic heterocycles. The number of nitrogens with two attached hydrogens (primary N) is 1. The van der Waals surface area contributed by atoms with E-state index in [4.69, 9.17) is 5.73 Å². The Labute approximate surface area is 69.8 Å². The van der Waals surface area contributed by atoms with E-state index in [1.54, 1.807) is 6.07 Å². The number of halogens is 1. The Kier molecular flexibility index (Phi) is 1.63. The zero-order valence-corrected chi connectivity index (χ0v) is 6.50. The zero-order valence-electron chi connectivity index (χ0n) is 6.50. The third-order valence-electron chi connectivity index (χ3n) is 2.31. The van der Waals surface area contributed by atoms with E-state index in [2.05, 4.69) is 0 Å². The third-order valence-corrected chi connectivity index (χ3v) is 2.31. The number of aliphatic hydroxyl groups is 1. The van der Waals surface area contributed by atoms with Gasteiger partial charge in [0.15, 0.2) is 0 Å². The first-order chi connectivity index (χ1) is 5.68. The Bertz CT molecular complexity index is 313. The Hall–Kier alpha value is -0.930. The summed E-state index contributed by atoms with van der Waals surface area (Å²) < 4.78 is 12.7. The van der Waals surface area contributed by atoms with E-state index in [-0.39, 0.29) is 5.82 Å². The molecule has 0 amide bonds. The molecule has 2 rings (SSSR count). The van der Waals surface area contributed by atoms with Gasteiger partial charge < -0.3 is 10.8 Å². The maximum Gasteiger partial charge on any atom is 0.123 e. The van der Waals surface area contributed by atoms with Gasteiger partial charge in [-0.05, 0) is 23.3 Å². The van der Waals surface area contributed by atoms with Gasteiger partial charge in [-0.25, -0.2) is 4.39 Å². The minimum Gasteiger partial charge on any atom is -0.391 e. The summed E-state index contributed by atoms with van der Waals surface area (Å²) in [5.41, 5.74) is 7.34. The van der Waals surface area contributed by atoms with E-state index in [1.807, 2.05) is 0 Å². The topological polar surface area (TPSA) is 46.2 Å². The van der Waals surface area contributed by atoms with Crippen molar-refractivity contribution < 1.29 is 9.50 Å². The van der Waals surface area contributed by atoms with Crippen LogP contribution >= 0.6 is 0 Å². The molecule has 2 nitrogen and oxygen atoms in total. The van der Waals surface area contributed by atoms with Gasteiger partial charge in [-0.1, -0.05) is 6.07 Å². The molecule has 12 heavy (non-hydrogen) atoms. The minimum absolute atomic E-state index is 0.293.